The molecule has 2 N–H and O–H groups in total. The van der Waals surface area contributed by atoms with E-state index in [1.165, 1.54) is 0 Å². The van der Waals surface area contributed by atoms with Crippen LogP contribution >= 0.6 is 0 Å². The maximum Gasteiger partial charge on any atom is 0.254 e. The Kier molecular flexibility index (Phi) is 5.63. The highest BCUT2D eigenvalue weighted by Crippen LogP contribution is 2.10. The van der Waals surface area contributed by atoms with Gasteiger partial charge in [0.25, 0.3) is 5.91 Å². The van der Waals surface area contributed by atoms with E-state index < -0.39 is 23.4 Å². The number of halogens is 2. The number of hydrogen-bond donors (Lipinski definition) is 2. The Morgan fingerprint density at radius 3 is 2.42 bits per heavy atom. The number of carbonyl (C=O) groups excluding carboxylic acids is 2. The number of carbonyl (C=O) groups is 2. The van der Waals surface area contributed by atoms with E-state index in [9.17, 15) is 18.4 Å². The molecule has 0 fully saturated rings. The van der Waals surface area contributed by atoms with Gasteiger partial charge in [0.2, 0.25) is 5.91 Å². The lowest BCUT2D eigenvalue weighted by Crippen LogP contribution is -2.37. The fourth-order valence-electron chi connectivity index (χ4n) is 2.23. The molecule has 2 amide bonds. The first kappa shape index (κ1) is 17.6. The van der Waals surface area contributed by atoms with Crippen molar-refractivity contribution >= 4 is 11.8 Å². The van der Waals surface area contributed by atoms with Gasteiger partial charge in [-0.15, -0.1) is 0 Å². The maximum atomic E-state index is 13.5. The van der Waals surface area contributed by atoms with E-state index in [2.05, 4.69) is 10.6 Å². The highest BCUT2D eigenvalue weighted by Gasteiger charge is 2.13. The summed E-state index contributed by atoms with van der Waals surface area (Å²) in [5.74, 6) is -2.90. The summed E-state index contributed by atoms with van der Waals surface area (Å²) in [7, 11) is 0. The molecule has 0 unspecified atom stereocenters. The number of hydrogen-bond acceptors (Lipinski definition) is 2. The Morgan fingerprint density at radius 1 is 1.00 bits per heavy atom. The fraction of sp³-hybridized carbons (Fsp3) is 0.222. The maximum absolute atomic E-state index is 13.5. The first-order chi connectivity index (χ1) is 11.4. The van der Waals surface area contributed by atoms with E-state index in [4.69, 9.17) is 0 Å². The van der Waals surface area contributed by atoms with Crippen LogP contribution in [0.5, 0.6) is 0 Å². The molecular formula is C18H18F2N2O2. The van der Waals surface area contributed by atoms with Gasteiger partial charge < -0.3 is 10.6 Å². The van der Waals surface area contributed by atoms with Crippen LogP contribution in [0.2, 0.25) is 0 Å². The van der Waals surface area contributed by atoms with E-state index in [1.807, 2.05) is 32.0 Å². The van der Waals surface area contributed by atoms with Crippen LogP contribution < -0.4 is 10.6 Å². The van der Waals surface area contributed by atoms with Gasteiger partial charge in [0.1, 0.15) is 11.6 Å². The van der Waals surface area contributed by atoms with Gasteiger partial charge in [-0.3, -0.25) is 9.59 Å². The van der Waals surface area contributed by atoms with Crippen molar-refractivity contribution in [2.75, 3.05) is 6.54 Å². The van der Waals surface area contributed by atoms with Gasteiger partial charge in [-0.2, -0.15) is 0 Å². The Labute approximate surface area is 138 Å². The zero-order valence-electron chi connectivity index (χ0n) is 13.5. The molecule has 0 heterocycles. The summed E-state index contributed by atoms with van der Waals surface area (Å²) in [6.45, 7) is 3.99. The van der Waals surface area contributed by atoms with Crippen LogP contribution in [0.25, 0.3) is 0 Å². The lowest BCUT2D eigenvalue weighted by atomic mass is 10.1. The molecule has 0 aliphatic rings. The summed E-state index contributed by atoms with van der Waals surface area (Å²) in [5.41, 5.74) is 2.87. The molecule has 0 bridgehead atoms. The molecule has 6 heteroatoms. The number of nitrogens with one attached hydrogen (secondary N) is 2. The molecular weight excluding hydrogens is 314 g/mol. The molecule has 2 aromatic carbocycles. The summed E-state index contributed by atoms with van der Waals surface area (Å²) in [6.07, 6.45) is 0. The monoisotopic (exact) mass is 332 g/mol. The van der Waals surface area contributed by atoms with E-state index in [0.29, 0.717) is 12.6 Å². The molecule has 0 aliphatic carbocycles. The minimum absolute atomic E-state index is 0.291. The Morgan fingerprint density at radius 2 is 1.75 bits per heavy atom. The van der Waals surface area contributed by atoms with Crippen molar-refractivity contribution in [2.45, 2.75) is 20.4 Å². The van der Waals surface area contributed by atoms with Gasteiger partial charge in [-0.25, -0.2) is 8.78 Å². The molecule has 0 saturated carbocycles. The second kappa shape index (κ2) is 7.68. The molecule has 0 spiro atoms. The molecule has 0 aliphatic heterocycles. The standard InChI is InChI=1S/C18H18F2N2O2/c1-11-3-4-13(12(2)7-11)9-21-17(23)10-22-18(24)15-6-5-14(19)8-16(15)20/h3-8H,9-10H2,1-2H3,(H,21,23)(H,22,24). The summed E-state index contributed by atoms with van der Waals surface area (Å²) >= 11 is 0. The zero-order valence-corrected chi connectivity index (χ0v) is 13.5. The Bertz CT molecular complexity index is 776. The second-order valence-electron chi connectivity index (χ2n) is 5.51. The van der Waals surface area contributed by atoms with E-state index in [-0.39, 0.29) is 12.1 Å². The molecule has 126 valence electrons. The zero-order chi connectivity index (χ0) is 17.7. The van der Waals surface area contributed by atoms with Crippen molar-refractivity contribution in [3.63, 3.8) is 0 Å². The third-order valence-electron chi connectivity index (χ3n) is 3.56. The summed E-state index contributed by atoms with van der Waals surface area (Å²) < 4.78 is 26.3. The van der Waals surface area contributed by atoms with E-state index in [0.717, 1.165) is 28.8 Å². The third kappa shape index (κ3) is 4.62. The number of amides is 2. The van der Waals surface area contributed by atoms with Crippen LogP contribution in [-0.4, -0.2) is 18.4 Å². The van der Waals surface area contributed by atoms with Gasteiger partial charge in [0.15, 0.2) is 0 Å². The van der Waals surface area contributed by atoms with Gasteiger partial charge >= 0.3 is 0 Å². The third-order valence-corrected chi connectivity index (χ3v) is 3.56. The van der Waals surface area contributed by atoms with Crippen molar-refractivity contribution < 1.29 is 18.4 Å². The van der Waals surface area contributed by atoms with Crippen molar-refractivity contribution in [3.05, 3.63) is 70.3 Å². The van der Waals surface area contributed by atoms with Gasteiger partial charge in [-0.1, -0.05) is 23.8 Å². The minimum atomic E-state index is -0.969. The largest absolute Gasteiger partial charge is 0.350 e. The number of rotatable bonds is 5. The molecule has 4 nitrogen and oxygen atoms in total. The van der Waals surface area contributed by atoms with Crippen LogP contribution in [-0.2, 0) is 11.3 Å². The van der Waals surface area contributed by atoms with E-state index in [1.54, 1.807) is 0 Å². The molecule has 24 heavy (non-hydrogen) atoms. The Balaban J connectivity index is 1.85. The SMILES string of the molecule is Cc1ccc(CNC(=O)CNC(=O)c2ccc(F)cc2F)c(C)c1. The average molecular weight is 332 g/mol. The van der Waals surface area contributed by atoms with Crippen molar-refractivity contribution in [2.24, 2.45) is 0 Å². The summed E-state index contributed by atoms with van der Waals surface area (Å²) in [4.78, 5) is 23.6. The van der Waals surface area contributed by atoms with Crippen molar-refractivity contribution in [3.8, 4) is 0 Å². The lowest BCUT2D eigenvalue weighted by molar-refractivity contribution is -0.120. The van der Waals surface area contributed by atoms with Crippen LogP contribution in [0.1, 0.15) is 27.0 Å². The van der Waals surface area contributed by atoms with E-state index >= 15 is 0 Å². The van der Waals surface area contributed by atoms with Gasteiger partial charge in [0.05, 0.1) is 12.1 Å². The first-order valence-electron chi connectivity index (χ1n) is 7.43. The number of aryl methyl sites for hydroxylation is 2. The highest BCUT2D eigenvalue weighted by atomic mass is 19.1. The predicted octanol–water partition coefficient (Wildman–Crippen LogP) is 2.63. The number of benzene rings is 2. The van der Waals surface area contributed by atoms with Crippen LogP contribution in [0.3, 0.4) is 0 Å². The van der Waals surface area contributed by atoms with Crippen LogP contribution in [0.15, 0.2) is 36.4 Å². The first-order valence-corrected chi connectivity index (χ1v) is 7.43. The predicted molar refractivity (Wildman–Crippen MR) is 86.5 cm³/mol. The molecule has 0 radical (unpaired) electrons. The minimum Gasteiger partial charge on any atom is -0.350 e. The van der Waals surface area contributed by atoms with Crippen molar-refractivity contribution in [1.29, 1.82) is 0 Å². The van der Waals surface area contributed by atoms with Crippen molar-refractivity contribution in [1.82, 2.24) is 10.6 Å². The molecule has 0 saturated heterocycles. The normalized spacial score (nSPS) is 10.3. The van der Waals surface area contributed by atoms with Crippen LogP contribution in [0, 0.1) is 25.5 Å². The summed E-state index contributed by atoms with van der Waals surface area (Å²) in [6, 6.07) is 8.53. The highest BCUT2D eigenvalue weighted by molar-refractivity contribution is 5.96. The topological polar surface area (TPSA) is 58.2 Å². The second-order valence-corrected chi connectivity index (χ2v) is 5.51. The smallest absolute Gasteiger partial charge is 0.254 e. The van der Waals surface area contributed by atoms with Gasteiger partial charge in [0, 0.05) is 12.6 Å². The molecule has 2 rings (SSSR count). The molecule has 0 aromatic heterocycles. The molecule has 2 aromatic rings. The average Bonchev–Trinajstić information content (AvgIpc) is 2.51. The molecule has 0 atom stereocenters. The summed E-state index contributed by atoms with van der Waals surface area (Å²) in [5, 5.41) is 4.99. The quantitative estimate of drug-likeness (QED) is 0.884. The van der Waals surface area contributed by atoms with Gasteiger partial charge in [-0.05, 0) is 37.1 Å². The van der Waals surface area contributed by atoms with Crippen LogP contribution in [0.4, 0.5) is 8.78 Å². The lowest BCUT2D eigenvalue weighted by Gasteiger charge is -2.10. The Hall–Kier alpha value is -2.76. The fourth-order valence-corrected chi connectivity index (χ4v) is 2.23.